The van der Waals surface area contributed by atoms with E-state index >= 15 is 0 Å². The first-order valence-electron chi connectivity index (χ1n) is 5.35. The first-order chi connectivity index (χ1) is 7.02. The van der Waals surface area contributed by atoms with Crippen LogP contribution in [0.2, 0.25) is 0 Å². The lowest BCUT2D eigenvalue weighted by atomic mass is 9.92. The van der Waals surface area contributed by atoms with Crippen LogP contribution in [0, 0.1) is 5.92 Å². The standard InChI is InChI=1S/C12H20N2O/c1-10(2)12(3,15)9-13-8-11-6-4-5-7-14-11/h4-7,10,13,15H,8-9H2,1-3H3. The molecular weight excluding hydrogens is 188 g/mol. The molecule has 1 atom stereocenters. The van der Waals surface area contributed by atoms with Gasteiger partial charge in [-0.2, -0.15) is 0 Å². The average Bonchev–Trinajstić information content (AvgIpc) is 2.19. The lowest BCUT2D eigenvalue weighted by molar-refractivity contribution is 0.0139. The number of pyridine rings is 1. The molecule has 1 unspecified atom stereocenters. The zero-order valence-corrected chi connectivity index (χ0v) is 9.70. The Hall–Kier alpha value is -0.930. The Morgan fingerprint density at radius 1 is 1.47 bits per heavy atom. The van der Waals surface area contributed by atoms with E-state index in [4.69, 9.17) is 0 Å². The maximum Gasteiger partial charge on any atom is 0.0766 e. The highest BCUT2D eigenvalue weighted by molar-refractivity contribution is 5.03. The third-order valence-corrected chi connectivity index (χ3v) is 2.76. The summed E-state index contributed by atoms with van der Waals surface area (Å²) < 4.78 is 0. The predicted octanol–water partition coefficient (Wildman–Crippen LogP) is 1.58. The molecule has 1 aromatic heterocycles. The summed E-state index contributed by atoms with van der Waals surface area (Å²) in [4.78, 5) is 4.20. The fourth-order valence-corrected chi connectivity index (χ4v) is 1.15. The summed E-state index contributed by atoms with van der Waals surface area (Å²) in [6.45, 7) is 7.17. The second kappa shape index (κ2) is 5.24. The molecule has 1 rings (SSSR count). The van der Waals surface area contributed by atoms with Crippen molar-refractivity contribution in [3.8, 4) is 0 Å². The van der Waals surface area contributed by atoms with Gasteiger partial charge in [-0.1, -0.05) is 19.9 Å². The van der Waals surface area contributed by atoms with Crippen LogP contribution in [0.15, 0.2) is 24.4 Å². The van der Waals surface area contributed by atoms with Gasteiger partial charge in [-0.3, -0.25) is 4.98 Å². The van der Waals surface area contributed by atoms with Crippen LogP contribution in [-0.2, 0) is 6.54 Å². The molecule has 3 nitrogen and oxygen atoms in total. The summed E-state index contributed by atoms with van der Waals surface area (Å²) in [5.74, 6) is 0.244. The predicted molar refractivity (Wildman–Crippen MR) is 61.4 cm³/mol. The number of hydrogen-bond donors (Lipinski definition) is 2. The zero-order chi connectivity index (χ0) is 11.3. The minimum absolute atomic E-state index is 0.244. The minimum atomic E-state index is -0.658. The number of hydrogen-bond acceptors (Lipinski definition) is 3. The molecule has 0 saturated heterocycles. The van der Waals surface area contributed by atoms with Crippen molar-refractivity contribution in [2.45, 2.75) is 32.9 Å². The van der Waals surface area contributed by atoms with Gasteiger partial charge in [-0.25, -0.2) is 0 Å². The van der Waals surface area contributed by atoms with Crippen LogP contribution in [0.3, 0.4) is 0 Å². The molecule has 1 heterocycles. The van der Waals surface area contributed by atoms with Crippen LogP contribution in [0.25, 0.3) is 0 Å². The van der Waals surface area contributed by atoms with Crippen LogP contribution < -0.4 is 5.32 Å². The summed E-state index contributed by atoms with van der Waals surface area (Å²) in [7, 11) is 0. The molecule has 0 fully saturated rings. The molecule has 15 heavy (non-hydrogen) atoms. The van der Waals surface area contributed by atoms with Crippen LogP contribution in [0.1, 0.15) is 26.5 Å². The van der Waals surface area contributed by atoms with Crippen molar-refractivity contribution in [2.24, 2.45) is 5.92 Å². The van der Waals surface area contributed by atoms with E-state index in [0.717, 1.165) is 5.69 Å². The van der Waals surface area contributed by atoms with Crippen LogP contribution in [-0.4, -0.2) is 22.2 Å². The van der Waals surface area contributed by atoms with Crippen LogP contribution in [0.4, 0.5) is 0 Å². The Labute approximate surface area is 91.5 Å². The summed E-state index contributed by atoms with van der Waals surface area (Å²) in [5, 5.41) is 13.2. The highest BCUT2D eigenvalue weighted by Crippen LogP contribution is 2.14. The van der Waals surface area contributed by atoms with E-state index in [0.29, 0.717) is 13.1 Å². The summed E-state index contributed by atoms with van der Waals surface area (Å²) in [6, 6.07) is 5.83. The maximum atomic E-state index is 9.99. The second-order valence-electron chi connectivity index (χ2n) is 4.44. The van der Waals surface area contributed by atoms with Crippen molar-refractivity contribution in [1.82, 2.24) is 10.3 Å². The van der Waals surface area contributed by atoms with E-state index in [1.807, 2.05) is 39.0 Å². The Morgan fingerprint density at radius 2 is 2.20 bits per heavy atom. The number of nitrogens with one attached hydrogen (secondary N) is 1. The largest absolute Gasteiger partial charge is 0.389 e. The van der Waals surface area contributed by atoms with Crippen molar-refractivity contribution in [3.05, 3.63) is 30.1 Å². The van der Waals surface area contributed by atoms with Gasteiger partial charge in [0.25, 0.3) is 0 Å². The Bertz CT molecular complexity index is 283. The molecule has 84 valence electrons. The molecule has 0 aliphatic heterocycles. The van der Waals surface area contributed by atoms with Crippen molar-refractivity contribution >= 4 is 0 Å². The van der Waals surface area contributed by atoms with Crippen molar-refractivity contribution in [1.29, 1.82) is 0 Å². The highest BCUT2D eigenvalue weighted by atomic mass is 16.3. The van der Waals surface area contributed by atoms with Crippen LogP contribution >= 0.6 is 0 Å². The lowest BCUT2D eigenvalue weighted by Crippen LogP contribution is -2.42. The van der Waals surface area contributed by atoms with Gasteiger partial charge in [-0.05, 0) is 25.0 Å². The lowest BCUT2D eigenvalue weighted by Gasteiger charge is -2.27. The molecular formula is C12H20N2O. The summed E-state index contributed by atoms with van der Waals surface area (Å²) in [5.41, 5.74) is 0.339. The van der Waals surface area contributed by atoms with Crippen LogP contribution in [0.5, 0.6) is 0 Å². The molecule has 0 aliphatic rings. The minimum Gasteiger partial charge on any atom is -0.389 e. The quantitative estimate of drug-likeness (QED) is 0.772. The van der Waals surface area contributed by atoms with E-state index < -0.39 is 5.60 Å². The van der Waals surface area contributed by atoms with E-state index in [1.54, 1.807) is 6.20 Å². The molecule has 0 aliphatic carbocycles. The van der Waals surface area contributed by atoms with Crippen molar-refractivity contribution in [3.63, 3.8) is 0 Å². The molecule has 0 spiro atoms. The molecule has 0 aromatic carbocycles. The molecule has 2 N–H and O–H groups in total. The molecule has 0 radical (unpaired) electrons. The third kappa shape index (κ3) is 3.98. The van der Waals surface area contributed by atoms with Gasteiger partial charge in [-0.15, -0.1) is 0 Å². The number of nitrogens with zero attached hydrogens (tertiary/aromatic N) is 1. The first-order valence-corrected chi connectivity index (χ1v) is 5.35. The smallest absolute Gasteiger partial charge is 0.0766 e. The van der Waals surface area contributed by atoms with Crippen molar-refractivity contribution < 1.29 is 5.11 Å². The maximum absolute atomic E-state index is 9.99. The molecule has 0 saturated carbocycles. The number of rotatable bonds is 5. The first kappa shape index (κ1) is 12.1. The van der Waals surface area contributed by atoms with Gasteiger partial charge in [0, 0.05) is 19.3 Å². The third-order valence-electron chi connectivity index (χ3n) is 2.76. The zero-order valence-electron chi connectivity index (χ0n) is 9.70. The molecule has 1 aromatic rings. The fourth-order valence-electron chi connectivity index (χ4n) is 1.15. The average molecular weight is 208 g/mol. The fraction of sp³-hybridized carbons (Fsp3) is 0.583. The molecule has 0 bridgehead atoms. The second-order valence-corrected chi connectivity index (χ2v) is 4.44. The Balaban J connectivity index is 2.34. The number of aromatic nitrogens is 1. The van der Waals surface area contributed by atoms with Gasteiger partial charge in [0.15, 0.2) is 0 Å². The Kier molecular flexibility index (Phi) is 4.24. The normalized spacial score (nSPS) is 15.3. The topological polar surface area (TPSA) is 45.1 Å². The number of aliphatic hydroxyl groups is 1. The van der Waals surface area contributed by atoms with E-state index in [9.17, 15) is 5.11 Å². The van der Waals surface area contributed by atoms with Gasteiger partial charge in [0.1, 0.15) is 0 Å². The SMILES string of the molecule is CC(C)C(C)(O)CNCc1ccccn1. The molecule has 0 amide bonds. The summed E-state index contributed by atoms with van der Waals surface area (Å²) in [6.07, 6.45) is 1.78. The monoisotopic (exact) mass is 208 g/mol. The van der Waals surface area contributed by atoms with Gasteiger partial charge < -0.3 is 10.4 Å². The van der Waals surface area contributed by atoms with Crippen molar-refractivity contribution in [2.75, 3.05) is 6.54 Å². The van der Waals surface area contributed by atoms with E-state index in [-0.39, 0.29) is 5.92 Å². The summed E-state index contributed by atoms with van der Waals surface area (Å²) >= 11 is 0. The highest BCUT2D eigenvalue weighted by Gasteiger charge is 2.23. The van der Waals surface area contributed by atoms with Gasteiger partial charge >= 0.3 is 0 Å². The Morgan fingerprint density at radius 3 is 2.73 bits per heavy atom. The van der Waals surface area contributed by atoms with Gasteiger partial charge in [0.05, 0.1) is 11.3 Å². The van der Waals surface area contributed by atoms with Gasteiger partial charge in [0.2, 0.25) is 0 Å². The van der Waals surface area contributed by atoms with E-state index in [1.165, 1.54) is 0 Å². The molecule has 3 heteroatoms. The van der Waals surface area contributed by atoms with E-state index in [2.05, 4.69) is 10.3 Å².